The van der Waals surface area contributed by atoms with Crippen LogP contribution in [0.5, 0.6) is 0 Å². The molecule has 1 saturated heterocycles. The van der Waals surface area contributed by atoms with Crippen LogP contribution >= 0.6 is 0 Å². The summed E-state index contributed by atoms with van der Waals surface area (Å²) < 4.78 is 0. The van der Waals surface area contributed by atoms with Gasteiger partial charge in [-0.05, 0) is 50.1 Å². The van der Waals surface area contributed by atoms with E-state index < -0.39 is 0 Å². The molecule has 0 aromatic carbocycles. The number of aryl methyl sites for hydroxylation is 2. The summed E-state index contributed by atoms with van der Waals surface area (Å²) in [4.78, 5) is 11.9. The molecule has 0 aliphatic carbocycles. The summed E-state index contributed by atoms with van der Waals surface area (Å²) in [5.74, 6) is 0. The standard InChI is InChI=1S/C18H24N4/c1-14-6-7-16(21-13-14)18(17-15(2)5-3-9-20-17)22-11-4-8-19-10-12-22/h3,5-7,9,13,18-19H,4,8,10-12H2,1-2H3. The average molecular weight is 296 g/mol. The summed E-state index contributed by atoms with van der Waals surface area (Å²) in [6.45, 7) is 8.42. The second-order valence-electron chi connectivity index (χ2n) is 6.01. The maximum atomic E-state index is 4.70. The third kappa shape index (κ3) is 3.34. The van der Waals surface area contributed by atoms with Crippen molar-refractivity contribution in [3.63, 3.8) is 0 Å². The van der Waals surface area contributed by atoms with Crippen LogP contribution in [0.4, 0.5) is 0 Å². The molecule has 3 rings (SSSR count). The van der Waals surface area contributed by atoms with Crippen molar-refractivity contribution in [3.05, 3.63) is 59.2 Å². The minimum atomic E-state index is 0.140. The van der Waals surface area contributed by atoms with Gasteiger partial charge >= 0.3 is 0 Å². The van der Waals surface area contributed by atoms with E-state index in [0.29, 0.717) is 0 Å². The Bertz CT molecular complexity index is 601. The van der Waals surface area contributed by atoms with E-state index in [2.05, 4.69) is 47.2 Å². The van der Waals surface area contributed by atoms with Gasteiger partial charge in [0, 0.05) is 32.0 Å². The molecule has 1 unspecified atom stereocenters. The first-order chi connectivity index (χ1) is 10.8. The highest BCUT2D eigenvalue weighted by Crippen LogP contribution is 2.28. The third-order valence-electron chi connectivity index (χ3n) is 4.26. The van der Waals surface area contributed by atoms with E-state index in [1.807, 2.05) is 18.5 Å². The van der Waals surface area contributed by atoms with Crippen molar-refractivity contribution in [1.82, 2.24) is 20.2 Å². The Balaban J connectivity index is 2.01. The number of pyridine rings is 2. The first kappa shape index (κ1) is 15.1. The highest BCUT2D eigenvalue weighted by atomic mass is 15.2. The zero-order valence-electron chi connectivity index (χ0n) is 13.4. The maximum absolute atomic E-state index is 4.70. The number of rotatable bonds is 3. The minimum Gasteiger partial charge on any atom is -0.315 e. The summed E-state index contributed by atoms with van der Waals surface area (Å²) in [5, 5.41) is 3.48. The van der Waals surface area contributed by atoms with Crippen LogP contribution in [0.2, 0.25) is 0 Å². The zero-order valence-corrected chi connectivity index (χ0v) is 13.4. The van der Waals surface area contributed by atoms with E-state index in [4.69, 9.17) is 4.98 Å². The lowest BCUT2D eigenvalue weighted by Crippen LogP contribution is -2.34. The largest absolute Gasteiger partial charge is 0.315 e. The van der Waals surface area contributed by atoms with Crippen LogP contribution in [0.25, 0.3) is 0 Å². The van der Waals surface area contributed by atoms with Gasteiger partial charge in [-0.15, -0.1) is 0 Å². The second kappa shape index (κ2) is 6.99. The molecule has 1 N–H and O–H groups in total. The minimum absolute atomic E-state index is 0.140. The van der Waals surface area contributed by atoms with Gasteiger partial charge in [0.15, 0.2) is 0 Å². The molecule has 1 aliphatic heterocycles. The van der Waals surface area contributed by atoms with Crippen LogP contribution in [-0.4, -0.2) is 41.0 Å². The molecule has 0 radical (unpaired) electrons. The van der Waals surface area contributed by atoms with E-state index in [1.54, 1.807) is 0 Å². The fourth-order valence-corrected chi connectivity index (χ4v) is 3.05. The molecule has 1 atom stereocenters. The Kier molecular flexibility index (Phi) is 4.80. The monoisotopic (exact) mass is 296 g/mol. The SMILES string of the molecule is Cc1ccc(C(c2ncccc2C)N2CCCNCC2)nc1. The number of hydrogen-bond acceptors (Lipinski definition) is 4. The lowest BCUT2D eigenvalue weighted by molar-refractivity contribution is 0.233. The Labute approximate surface area is 132 Å². The van der Waals surface area contributed by atoms with Gasteiger partial charge in [-0.2, -0.15) is 0 Å². The number of hydrogen-bond donors (Lipinski definition) is 1. The molecule has 4 nitrogen and oxygen atoms in total. The van der Waals surface area contributed by atoms with Crippen molar-refractivity contribution in [2.75, 3.05) is 26.2 Å². The topological polar surface area (TPSA) is 41.1 Å². The van der Waals surface area contributed by atoms with Crippen molar-refractivity contribution < 1.29 is 0 Å². The molecule has 0 spiro atoms. The smallest absolute Gasteiger partial charge is 0.0953 e. The molecule has 0 amide bonds. The number of nitrogens with zero attached hydrogens (tertiary/aromatic N) is 3. The summed E-state index contributed by atoms with van der Waals surface area (Å²) >= 11 is 0. The molecule has 116 valence electrons. The molecular weight excluding hydrogens is 272 g/mol. The Morgan fingerprint density at radius 2 is 2.00 bits per heavy atom. The van der Waals surface area contributed by atoms with Crippen LogP contribution in [0.1, 0.15) is 35.0 Å². The van der Waals surface area contributed by atoms with Gasteiger partial charge in [-0.3, -0.25) is 14.9 Å². The van der Waals surface area contributed by atoms with Crippen molar-refractivity contribution in [1.29, 1.82) is 0 Å². The van der Waals surface area contributed by atoms with E-state index in [9.17, 15) is 0 Å². The van der Waals surface area contributed by atoms with Crippen molar-refractivity contribution >= 4 is 0 Å². The highest BCUT2D eigenvalue weighted by molar-refractivity contribution is 5.29. The van der Waals surface area contributed by atoms with Gasteiger partial charge in [0.05, 0.1) is 17.4 Å². The lowest BCUT2D eigenvalue weighted by Gasteiger charge is -2.30. The van der Waals surface area contributed by atoms with Crippen LogP contribution in [0.15, 0.2) is 36.7 Å². The van der Waals surface area contributed by atoms with Gasteiger partial charge in [0.2, 0.25) is 0 Å². The number of aromatic nitrogens is 2. The quantitative estimate of drug-likeness (QED) is 0.945. The lowest BCUT2D eigenvalue weighted by atomic mass is 10.0. The Hall–Kier alpha value is -1.78. The molecule has 0 saturated carbocycles. The van der Waals surface area contributed by atoms with Crippen LogP contribution in [0.3, 0.4) is 0 Å². The first-order valence-corrected chi connectivity index (χ1v) is 8.04. The molecule has 1 fully saturated rings. The molecule has 2 aromatic rings. The molecule has 4 heteroatoms. The first-order valence-electron chi connectivity index (χ1n) is 8.04. The Morgan fingerprint density at radius 1 is 1.09 bits per heavy atom. The van der Waals surface area contributed by atoms with Gasteiger partial charge in [-0.25, -0.2) is 0 Å². The maximum Gasteiger partial charge on any atom is 0.0953 e. The second-order valence-corrected chi connectivity index (χ2v) is 6.01. The highest BCUT2D eigenvalue weighted by Gasteiger charge is 2.26. The number of nitrogens with one attached hydrogen (secondary N) is 1. The summed E-state index contributed by atoms with van der Waals surface area (Å²) in [6.07, 6.45) is 5.00. The van der Waals surface area contributed by atoms with Gasteiger partial charge in [0.25, 0.3) is 0 Å². The van der Waals surface area contributed by atoms with Crippen molar-refractivity contribution in [3.8, 4) is 0 Å². The van der Waals surface area contributed by atoms with Gasteiger partial charge in [0.1, 0.15) is 0 Å². The molecule has 22 heavy (non-hydrogen) atoms. The van der Waals surface area contributed by atoms with E-state index in [-0.39, 0.29) is 6.04 Å². The molecule has 3 heterocycles. The van der Waals surface area contributed by atoms with Crippen LogP contribution in [0, 0.1) is 13.8 Å². The van der Waals surface area contributed by atoms with Crippen molar-refractivity contribution in [2.45, 2.75) is 26.3 Å². The Morgan fingerprint density at radius 3 is 2.77 bits per heavy atom. The normalized spacial score (nSPS) is 17.9. The zero-order chi connectivity index (χ0) is 15.4. The summed E-state index contributed by atoms with van der Waals surface area (Å²) in [5.41, 5.74) is 4.64. The molecule has 0 bridgehead atoms. The third-order valence-corrected chi connectivity index (χ3v) is 4.26. The summed E-state index contributed by atoms with van der Waals surface area (Å²) in [6, 6.07) is 8.57. The fourth-order valence-electron chi connectivity index (χ4n) is 3.05. The van der Waals surface area contributed by atoms with Crippen LogP contribution in [-0.2, 0) is 0 Å². The van der Waals surface area contributed by atoms with Gasteiger partial charge < -0.3 is 5.32 Å². The molecular formula is C18H24N4. The van der Waals surface area contributed by atoms with Crippen molar-refractivity contribution in [2.24, 2.45) is 0 Å². The molecule has 2 aromatic heterocycles. The molecule has 1 aliphatic rings. The van der Waals surface area contributed by atoms with Crippen LogP contribution < -0.4 is 5.32 Å². The van der Waals surface area contributed by atoms with E-state index >= 15 is 0 Å². The van der Waals surface area contributed by atoms with E-state index in [0.717, 1.165) is 44.0 Å². The predicted octanol–water partition coefficient (Wildman–Crippen LogP) is 2.48. The average Bonchev–Trinajstić information content (AvgIpc) is 2.80. The summed E-state index contributed by atoms with van der Waals surface area (Å²) in [7, 11) is 0. The fraction of sp³-hybridized carbons (Fsp3) is 0.444. The van der Waals surface area contributed by atoms with E-state index in [1.165, 1.54) is 11.1 Å². The van der Waals surface area contributed by atoms with Gasteiger partial charge in [-0.1, -0.05) is 12.1 Å². The predicted molar refractivity (Wildman–Crippen MR) is 88.9 cm³/mol.